The molecule has 22 heavy (non-hydrogen) atoms. The molecule has 2 aromatic heterocycles. The molecule has 0 aromatic carbocycles. The number of nitrogens with zero attached hydrogens (tertiary/aromatic N) is 2. The average molecular weight is 316 g/mol. The first-order chi connectivity index (χ1) is 10.7. The molecule has 0 radical (unpaired) electrons. The summed E-state index contributed by atoms with van der Waals surface area (Å²) in [4.78, 5) is 22.7. The number of aromatic nitrogens is 2. The van der Waals surface area contributed by atoms with E-state index in [9.17, 15) is 4.79 Å². The molecular formula is C16H20N4OS. The first-order valence-electron chi connectivity index (χ1n) is 7.90. The molecule has 4 rings (SSSR count). The minimum absolute atomic E-state index is 0.277. The van der Waals surface area contributed by atoms with Crippen molar-refractivity contribution in [1.29, 1.82) is 0 Å². The second-order valence-electron chi connectivity index (χ2n) is 6.01. The van der Waals surface area contributed by atoms with Crippen molar-refractivity contribution in [3.05, 3.63) is 22.2 Å². The molecule has 3 heterocycles. The van der Waals surface area contributed by atoms with E-state index in [1.165, 1.54) is 5.56 Å². The van der Waals surface area contributed by atoms with Gasteiger partial charge in [-0.05, 0) is 25.3 Å². The molecule has 0 spiro atoms. The topological polar surface area (TPSA) is 61.0 Å². The number of H-pyrrole nitrogens is 1. The third-order valence-corrected chi connectivity index (χ3v) is 5.44. The van der Waals surface area contributed by atoms with E-state index in [2.05, 4.69) is 20.6 Å². The zero-order valence-corrected chi connectivity index (χ0v) is 13.6. The maximum absolute atomic E-state index is 12.2. The summed E-state index contributed by atoms with van der Waals surface area (Å²) in [6, 6.07) is 0. The lowest BCUT2D eigenvalue weighted by Crippen LogP contribution is -2.43. The van der Waals surface area contributed by atoms with Crippen molar-refractivity contribution in [2.75, 3.05) is 31.1 Å². The summed E-state index contributed by atoms with van der Waals surface area (Å²) < 4.78 is 0. The van der Waals surface area contributed by atoms with Gasteiger partial charge in [0.2, 0.25) is 0 Å². The van der Waals surface area contributed by atoms with Gasteiger partial charge in [0.25, 0.3) is 0 Å². The van der Waals surface area contributed by atoms with Gasteiger partial charge in [0, 0.05) is 49.2 Å². The highest BCUT2D eigenvalue weighted by atomic mass is 32.1. The van der Waals surface area contributed by atoms with Gasteiger partial charge in [-0.1, -0.05) is 0 Å². The van der Waals surface area contributed by atoms with Crippen LogP contribution in [0.4, 0.5) is 5.13 Å². The van der Waals surface area contributed by atoms with Crippen LogP contribution in [0.3, 0.4) is 0 Å². The molecule has 0 unspecified atom stereocenters. The lowest BCUT2D eigenvalue weighted by atomic mass is 9.91. The van der Waals surface area contributed by atoms with E-state index in [-0.39, 0.29) is 5.78 Å². The maximum Gasteiger partial charge on any atom is 0.185 e. The summed E-state index contributed by atoms with van der Waals surface area (Å²) in [6.07, 6.45) is 2.60. The van der Waals surface area contributed by atoms with E-state index < -0.39 is 0 Å². The summed E-state index contributed by atoms with van der Waals surface area (Å²) in [5.74, 6) is 0.277. The van der Waals surface area contributed by atoms with E-state index >= 15 is 0 Å². The van der Waals surface area contributed by atoms with Gasteiger partial charge in [0.1, 0.15) is 5.69 Å². The molecular weight excluding hydrogens is 296 g/mol. The van der Waals surface area contributed by atoms with E-state index in [4.69, 9.17) is 4.98 Å². The SMILES string of the molecule is Cc1[nH]c(-c2csc(N3CCNCC3)n2)c2c1C(=O)CCC2. The van der Waals surface area contributed by atoms with Crippen LogP contribution in [0.15, 0.2) is 5.38 Å². The Kier molecular flexibility index (Phi) is 3.50. The lowest BCUT2D eigenvalue weighted by Gasteiger charge is -2.26. The highest BCUT2D eigenvalue weighted by Gasteiger charge is 2.26. The predicted molar refractivity (Wildman–Crippen MR) is 89.0 cm³/mol. The van der Waals surface area contributed by atoms with Gasteiger partial charge in [-0.3, -0.25) is 4.79 Å². The zero-order valence-electron chi connectivity index (χ0n) is 12.7. The molecule has 6 heteroatoms. The minimum Gasteiger partial charge on any atom is -0.356 e. The monoisotopic (exact) mass is 316 g/mol. The normalized spacial score (nSPS) is 18.6. The number of ketones is 1. The highest BCUT2D eigenvalue weighted by Crippen LogP contribution is 2.35. The fourth-order valence-electron chi connectivity index (χ4n) is 3.45. The second kappa shape index (κ2) is 5.52. The highest BCUT2D eigenvalue weighted by molar-refractivity contribution is 7.14. The van der Waals surface area contributed by atoms with E-state index in [1.807, 2.05) is 6.92 Å². The third kappa shape index (κ3) is 2.27. The zero-order chi connectivity index (χ0) is 15.1. The van der Waals surface area contributed by atoms with Crippen molar-refractivity contribution in [3.63, 3.8) is 0 Å². The Labute approximate surface area is 133 Å². The number of carbonyl (C=O) groups excluding carboxylic acids is 1. The van der Waals surface area contributed by atoms with Gasteiger partial charge >= 0.3 is 0 Å². The molecule has 0 atom stereocenters. The van der Waals surface area contributed by atoms with Crippen molar-refractivity contribution < 1.29 is 4.79 Å². The number of anilines is 1. The van der Waals surface area contributed by atoms with E-state index in [0.717, 1.165) is 66.8 Å². The van der Waals surface area contributed by atoms with Crippen LogP contribution in [-0.2, 0) is 6.42 Å². The van der Waals surface area contributed by atoms with Gasteiger partial charge in [0.15, 0.2) is 10.9 Å². The number of hydrogen-bond acceptors (Lipinski definition) is 5. The number of aryl methyl sites for hydroxylation is 1. The molecule has 2 aromatic rings. The fourth-order valence-corrected chi connectivity index (χ4v) is 4.32. The van der Waals surface area contributed by atoms with Gasteiger partial charge in [0.05, 0.1) is 5.69 Å². The first-order valence-corrected chi connectivity index (χ1v) is 8.78. The first kappa shape index (κ1) is 14.0. The van der Waals surface area contributed by atoms with Crippen molar-refractivity contribution in [3.8, 4) is 11.4 Å². The number of piperazine rings is 1. The van der Waals surface area contributed by atoms with Crippen molar-refractivity contribution in [2.45, 2.75) is 26.2 Å². The van der Waals surface area contributed by atoms with Crippen LogP contribution < -0.4 is 10.2 Å². The molecule has 2 aliphatic rings. The van der Waals surface area contributed by atoms with Crippen LogP contribution in [-0.4, -0.2) is 41.9 Å². The molecule has 1 fully saturated rings. The number of nitrogens with one attached hydrogen (secondary N) is 2. The molecule has 2 N–H and O–H groups in total. The Balaban J connectivity index is 1.69. The van der Waals surface area contributed by atoms with Crippen molar-refractivity contribution in [1.82, 2.24) is 15.3 Å². The standard InChI is InChI=1S/C16H20N4OS/c1-10-14-11(3-2-4-13(14)21)15(18-10)12-9-22-16(19-12)20-7-5-17-6-8-20/h9,17-18H,2-8H2,1H3. The predicted octanol–water partition coefficient (Wildman–Crippen LogP) is 2.38. The Hall–Kier alpha value is -1.66. The number of aromatic amines is 1. The largest absolute Gasteiger partial charge is 0.356 e. The van der Waals surface area contributed by atoms with E-state index in [0.29, 0.717) is 6.42 Å². The number of thiazole rings is 1. The van der Waals surface area contributed by atoms with Gasteiger partial charge in [-0.25, -0.2) is 4.98 Å². The molecule has 1 aliphatic carbocycles. The molecule has 5 nitrogen and oxygen atoms in total. The van der Waals surface area contributed by atoms with Gasteiger partial charge in [-0.2, -0.15) is 0 Å². The van der Waals surface area contributed by atoms with Crippen LogP contribution in [0.1, 0.15) is 34.5 Å². The Bertz CT molecular complexity index is 712. The molecule has 0 saturated carbocycles. The number of rotatable bonds is 2. The lowest BCUT2D eigenvalue weighted by molar-refractivity contribution is 0.0972. The Morgan fingerprint density at radius 2 is 2.09 bits per heavy atom. The summed E-state index contributed by atoms with van der Waals surface area (Å²) in [5, 5.41) is 6.56. The van der Waals surface area contributed by atoms with Crippen LogP contribution in [0.5, 0.6) is 0 Å². The van der Waals surface area contributed by atoms with Gasteiger partial charge < -0.3 is 15.2 Å². The quantitative estimate of drug-likeness (QED) is 0.893. The summed E-state index contributed by atoms with van der Waals surface area (Å²) >= 11 is 1.69. The summed E-state index contributed by atoms with van der Waals surface area (Å²) in [7, 11) is 0. The number of hydrogen-bond donors (Lipinski definition) is 2. The second-order valence-corrected chi connectivity index (χ2v) is 6.84. The molecule has 0 amide bonds. The fraction of sp³-hybridized carbons (Fsp3) is 0.500. The van der Waals surface area contributed by atoms with Crippen LogP contribution in [0.25, 0.3) is 11.4 Å². The number of Topliss-reactive ketones (excluding diaryl/α,β-unsaturated/α-hetero) is 1. The Morgan fingerprint density at radius 1 is 1.27 bits per heavy atom. The van der Waals surface area contributed by atoms with Crippen LogP contribution in [0, 0.1) is 6.92 Å². The van der Waals surface area contributed by atoms with Crippen LogP contribution in [0.2, 0.25) is 0 Å². The molecule has 116 valence electrons. The van der Waals surface area contributed by atoms with Crippen molar-refractivity contribution in [2.24, 2.45) is 0 Å². The summed E-state index contributed by atoms with van der Waals surface area (Å²) in [5.41, 5.74) is 5.12. The third-order valence-electron chi connectivity index (χ3n) is 4.54. The minimum atomic E-state index is 0.277. The maximum atomic E-state index is 12.2. The van der Waals surface area contributed by atoms with Crippen molar-refractivity contribution >= 4 is 22.3 Å². The molecule has 0 bridgehead atoms. The number of fused-ring (bicyclic) bond motifs is 1. The summed E-state index contributed by atoms with van der Waals surface area (Å²) in [6.45, 7) is 6.04. The smallest absolute Gasteiger partial charge is 0.185 e. The molecule has 1 aliphatic heterocycles. The Morgan fingerprint density at radius 3 is 2.91 bits per heavy atom. The number of carbonyl (C=O) groups is 1. The average Bonchev–Trinajstić information content (AvgIpc) is 3.14. The molecule has 1 saturated heterocycles. The van der Waals surface area contributed by atoms with E-state index in [1.54, 1.807) is 11.3 Å². The van der Waals surface area contributed by atoms with Gasteiger partial charge in [-0.15, -0.1) is 11.3 Å². The van der Waals surface area contributed by atoms with Crippen LogP contribution >= 0.6 is 11.3 Å².